The molecule has 0 atom stereocenters. The average molecular weight is 608 g/mol. The molecule has 0 aliphatic carbocycles. The summed E-state index contributed by atoms with van der Waals surface area (Å²) in [7, 11) is -1.42. The Morgan fingerprint density at radius 1 is 0.976 bits per heavy atom. The number of aliphatic carboxylic acids is 1. The van der Waals surface area contributed by atoms with Gasteiger partial charge in [0, 0.05) is 32.2 Å². The third-order valence-electron chi connectivity index (χ3n) is 5.54. The van der Waals surface area contributed by atoms with Crippen LogP contribution in [0, 0.1) is 0 Å². The molecule has 1 aliphatic heterocycles. The highest BCUT2D eigenvalue weighted by Crippen LogP contribution is 2.34. The summed E-state index contributed by atoms with van der Waals surface area (Å²) < 4.78 is 76.2. The Labute approximate surface area is 233 Å². The van der Waals surface area contributed by atoms with Crippen molar-refractivity contribution >= 4 is 39.4 Å². The molecule has 1 aliphatic rings. The third-order valence-corrected chi connectivity index (χ3v) is 6.92. The Morgan fingerprint density at radius 2 is 1.59 bits per heavy atom. The molecular formula is C24H28F3N3O10S. The lowest BCUT2D eigenvalue weighted by atomic mass is 10.1. The summed E-state index contributed by atoms with van der Waals surface area (Å²) in [5.74, 6) is -3.53. The molecule has 13 nitrogen and oxygen atoms in total. The lowest BCUT2D eigenvalue weighted by Gasteiger charge is -2.36. The summed E-state index contributed by atoms with van der Waals surface area (Å²) in [5.41, 5.74) is 0.498. The van der Waals surface area contributed by atoms with Crippen molar-refractivity contribution in [3.8, 4) is 11.5 Å². The zero-order chi connectivity index (χ0) is 31.0. The predicted octanol–water partition coefficient (Wildman–Crippen LogP) is 3.11. The molecule has 0 spiro atoms. The van der Waals surface area contributed by atoms with Crippen LogP contribution in [0.3, 0.4) is 0 Å². The second-order valence-corrected chi connectivity index (χ2v) is 9.79. The molecule has 0 unspecified atom stereocenters. The molecule has 2 aromatic carbocycles. The van der Waals surface area contributed by atoms with Crippen LogP contribution in [0.15, 0.2) is 41.3 Å². The van der Waals surface area contributed by atoms with Gasteiger partial charge in [0.25, 0.3) is 10.0 Å². The van der Waals surface area contributed by atoms with Crippen LogP contribution in [0.25, 0.3) is 0 Å². The number of sulfonamides is 1. The second kappa shape index (κ2) is 13.8. The quantitative estimate of drug-likeness (QED) is 0.403. The third kappa shape index (κ3) is 8.79. The minimum absolute atomic E-state index is 0.0794. The van der Waals surface area contributed by atoms with E-state index in [2.05, 4.69) is 4.72 Å². The van der Waals surface area contributed by atoms with Crippen LogP contribution in [0.4, 0.5) is 29.3 Å². The molecule has 41 heavy (non-hydrogen) atoms. The van der Waals surface area contributed by atoms with E-state index in [1.165, 1.54) is 38.5 Å². The van der Waals surface area contributed by atoms with E-state index in [-0.39, 0.29) is 28.5 Å². The first kappa shape index (κ1) is 32.8. The van der Waals surface area contributed by atoms with Crippen LogP contribution >= 0.6 is 0 Å². The van der Waals surface area contributed by atoms with Gasteiger partial charge in [-0.2, -0.15) is 13.2 Å². The molecule has 1 heterocycles. The minimum atomic E-state index is -5.08. The molecule has 2 aromatic rings. The molecule has 0 aromatic heterocycles. The highest BCUT2D eigenvalue weighted by atomic mass is 32.2. The van der Waals surface area contributed by atoms with E-state index in [1.807, 2.05) is 4.90 Å². The van der Waals surface area contributed by atoms with Gasteiger partial charge < -0.3 is 34.2 Å². The monoisotopic (exact) mass is 607 g/mol. The van der Waals surface area contributed by atoms with Crippen LogP contribution in [0.2, 0.25) is 0 Å². The number of nitrogens with zero attached hydrogens (tertiary/aromatic N) is 2. The van der Waals surface area contributed by atoms with Crippen molar-refractivity contribution in [3.63, 3.8) is 0 Å². The van der Waals surface area contributed by atoms with E-state index in [0.717, 1.165) is 0 Å². The van der Waals surface area contributed by atoms with E-state index in [9.17, 15) is 36.3 Å². The van der Waals surface area contributed by atoms with Crippen LogP contribution in [-0.4, -0.2) is 94.7 Å². The molecule has 0 bridgehead atoms. The molecule has 1 fully saturated rings. The molecule has 17 heteroatoms. The van der Waals surface area contributed by atoms with E-state index >= 15 is 0 Å². The Kier molecular flexibility index (Phi) is 11.0. The first-order valence-electron chi connectivity index (χ1n) is 11.7. The molecule has 3 rings (SSSR count). The van der Waals surface area contributed by atoms with Gasteiger partial charge in [-0.25, -0.2) is 22.8 Å². The number of carbonyl (C=O) groups is 3. The summed E-state index contributed by atoms with van der Waals surface area (Å²) in [5, 5.41) is 16.6. The molecule has 226 valence electrons. The Hall–Kier alpha value is -4.41. The Morgan fingerprint density at radius 3 is 2.07 bits per heavy atom. The number of carbonyl (C=O) groups excluding carboxylic acids is 1. The highest BCUT2D eigenvalue weighted by Gasteiger charge is 2.38. The van der Waals surface area contributed by atoms with Crippen molar-refractivity contribution in [2.75, 3.05) is 56.6 Å². The maximum Gasteiger partial charge on any atom is 0.490 e. The molecular weight excluding hydrogens is 579 g/mol. The fourth-order valence-electron chi connectivity index (χ4n) is 3.57. The lowest BCUT2D eigenvalue weighted by Crippen LogP contribution is -2.49. The van der Waals surface area contributed by atoms with Crippen molar-refractivity contribution < 1.29 is 60.4 Å². The van der Waals surface area contributed by atoms with Crippen LogP contribution in [0.1, 0.15) is 17.3 Å². The number of nitrogens with one attached hydrogen (secondary N) is 1. The van der Waals surface area contributed by atoms with Crippen molar-refractivity contribution in [2.24, 2.45) is 0 Å². The van der Waals surface area contributed by atoms with Crippen LogP contribution < -0.4 is 19.1 Å². The van der Waals surface area contributed by atoms with Gasteiger partial charge in [0.2, 0.25) is 0 Å². The number of hydrogen-bond donors (Lipinski definition) is 3. The number of alkyl halides is 3. The molecule has 0 saturated carbocycles. The number of ether oxygens (including phenoxy) is 3. The summed E-state index contributed by atoms with van der Waals surface area (Å²) in [6, 6.07) is 8.57. The zero-order valence-electron chi connectivity index (χ0n) is 22.1. The van der Waals surface area contributed by atoms with Gasteiger partial charge >= 0.3 is 24.2 Å². The molecule has 3 N–H and O–H groups in total. The predicted molar refractivity (Wildman–Crippen MR) is 138 cm³/mol. The summed E-state index contributed by atoms with van der Waals surface area (Å²) >= 11 is 0. The van der Waals surface area contributed by atoms with Crippen molar-refractivity contribution in [2.45, 2.75) is 18.0 Å². The zero-order valence-corrected chi connectivity index (χ0v) is 22.9. The van der Waals surface area contributed by atoms with Gasteiger partial charge in [0.1, 0.15) is 16.4 Å². The van der Waals surface area contributed by atoms with Gasteiger partial charge in [-0.15, -0.1) is 0 Å². The largest absolute Gasteiger partial charge is 0.497 e. The number of benzene rings is 2. The number of methoxy groups -OCH3 is 2. The SMILES string of the molecule is CCOC(=O)N1CCN(c2ccc(C(=O)O)cc2NS(=O)(=O)c2cc(OC)ccc2OC)CC1.O=C(O)C(F)(F)F. The summed E-state index contributed by atoms with van der Waals surface area (Å²) in [6.45, 7) is 3.55. The fraction of sp³-hybridized carbons (Fsp3) is 0.375. The topological polar surface area (TPSA) is 172 Å². The van der Waals surface area contributed by atoms with Gasteiger partial charge in [-0.3, -0.25) is 4.72 Å². The highest BCUT2D eigenvalue weighted by molar-refractivity contribution is 7.92. The summed E-state index contributed by atoms with van der Waals surface area (Å²) in [6.07, 6.45) is -5.49. The van der Waals surface area contributed by atoms with Gasteiger partial charge in [0.05, 0.1) is 37.8 Å². The number of carboxylic acids is 2. The fourth-order valence-corrected chi connectivity index (χ4v) is 4.82. The van der Waals surface area contributed by atoms with E-state index in [1.54, 1.807) is 24.0 Å². The van der Waals surface area contributed by atoms with Gasteiger partial charge in [0.15, 0.2) is 0 Å². The number of amides is 1. The maximum absolute atomic E-state index is 13.3. The first-order valence-corrected chi connectivity index (χ1v) is 13.2. The lowest BCUT2D eigenvalue weighted by molar-refractivity contribution is -0.192. The maximum atomic E-state index is 13.3. The number of halogens is 3. The smallest absolute Gasteiger partial charge is 0.490 e. The van der Waals surface area contributed by atoms with Crippen molar-refractivity contribution in [3.05, 3.63) is 42.0 Å². The van der Waals surface area contributed by atoms with E-state index in [0.29, 0.717) is 37.6 Å². The normalized spacial score (nSPS) is 13.4. The first-order chi connectivity index (χ1) is 19.1. The average Bonchev–Trinajstić information content (AvgIpc) is 2.92. The number of carboxylic acid groups (broad SMARTS) is 2. The molecule has 1 amide bonds. The molecule has 1 saturated heterocycles. The number of aromatic carboxylic acids is 1. The Bertz CT molecular complexity index is 1360. The van der Waals surface area contributed by atoms with E-state index in [4.69, 9.17) is 24.1 Å². The molecule has 0 radical (unpaired) electrons. The number of hydrogen-bond acceptors (Lipinski definition) is 9. The number of piperazine rings is 1. The standard InChI is InChI=1S/C22H27N3O8S.C2HF3O2/c1-4-33-22(28)25-11-9-24(10-12-25)18-7-5-15(21(26)27)13-17(18)23-34(29,30)20-14-16(31-2)6-8-19(20)32-3;3-2(4,5)1(6)7/h5-8,13-14,23H,4,9-12H2,1-3H3,(H,26,27);(H,6,7). The van der Waals surface area contributed by atoms with Crippen molar-refractivity contribution in [1.82, 2.24) is 4.90 Å². The Balaban J connectivity index is 0.000000745. The van der Waals surface area contributed by atoms with Crippen molar-refractivity contribution in [1.29, 1.82) is 0 Å². The van der Waals surface area contributed by atoms with Gasteiger partial charge in [-0.05, 0) is 37.3 Å². The number of rotatable bonds is 8. The van der Waals surface area contributed by atoms with E-state index < -0.39 is 34.2 Å². The van der Waals surface area contributed by atoms with Crippen LogP contribution in [0.5, 0.6) is 11.5 Å². The van der Waals surface area contributed by atoms with Crippen LogP contribution in [-0.2, 0) is 19.6 Å². The minimum Gasteiger partial charge on any atom is -0.497 e. The number of anilines is 2. The summed E-state index contributed by atoms with van der Waals surface area (Å²) in [4.78, 5) is 35.7. The second-order valence-electron chi connectivity index (χ2n) is 8.14. The van der Waals surface area contributed by atoms with Gasteiger partial charge in [-0.1, -0.05) is 0 Å².